The Morgan fingerprint density at radius 1 is 1.25 bits per heavy atom. The molecule has 1 aliphatic rings. The number of nitrogens with one attached hydrogen (secondary N) is 1. The number of carbonyl (C=O) groups excluding carboxylic acids is 1. The molecule has 1 aromatic carbocycles. The van der Waals surface area contributed by atoms with Gasteiger partial charge in [0.1, 0.15) is 0 Å². The van der Waals surface area contributed by atoms with Crippen LogP contribution in [0, 0.1) is 5.41 Å². The van der Waals surface area contributed by atoms with Crippen LogP contribution in [0.3, 0.4) is 0 Å². The van der Waals surface area contributed by atoms with Gasteiger partial charge in [-0.25, -0.2) is 8.42 Å². The van der Waals surface area contributed by atoms with Crippen LogP contribution in [0.5, 0.6) is 0 Å². The number of rotatable bonds is 7. The average Bonchev–Trinajstić information content (AvgIpc) is 2.59. The highest BCUT2D eigenvalue weighted by atomic mass is 35.5. The van der Waals surface area contributed by atoms with Crippen molar-refractivity contribution in [3.63, 3.8) is 0 Å². The topological polar surface area (TPSA) is 95.7 Å². The van der Waals surface area contributed by atoms with Gasteiger partial charge < -0.3 is 11.1 Å². The fourth-order valence-corrected chi connectivity index (χ4v) is 4.90. The summed E-state index contributed by atoms with van der Waals surface area (Å²) < 4.78 is 26.4. The lowest BCUT2D eigenvalue weighted by molar-refractivity contribution is -0.118. The Kier molecular flexibility index (Phi) is 8.90. The van der Waals surface area contributed by atoms with Crippen molar-refractivity contribution >= 4 is 34.0 Å². The van der Waals surface area contributed by atoms with Gasteiger partial charge in [-0.15, -0.1) is 12.4 Å². The molecule has 0 spiro atoms. The number of anilines is 1. The molecule has 160 valence electrons. The highest BCUT2D eigenvalue weighted by Gasteiger charge is 2.33. The van der Waals surface area contributed by atoms with Gasteiger partial charge in [0.15, 0.2) is 0 Å². The molecule has 28 heavy (non-hydrogen) atoms. The van der Waals surface area contributed by atoms with Gasteiger partial charge in [0.2, 0.25) is 15.9 Å². The minimum absolute atomic E-state index is 0. The average molecular weight is 433 g/mol. The molecular weight excluding hydrogens is 400 g/mol. The first kappa shape index (κ1) is 24.8. The Labute approximate surface area is 175 Å². The molecule has 1 heterocycles. The SMILES string of the molecule is CCN(CC)S(=O)(=O)c1ccc(NC(=O)CN2CCC(N)C(C)(C)C2)cc1.Cl. The number of benzene rings is 1. The number of halogens is 1. The summed E-state index contributed by atoms with van der Waals surface area (Å²) in [5, 5.41) is 2.84. The van der Waals surface area contributed by atoms with Crippen LogP contribution in [0.25, 0.3) is 0 Å². The number of sulfonamides is 1. The van der Waals surface area contributed by atoms with E-state index in [1.807, 2.05) is 13.8 Å². The Hall–Kier alpha value is -1.19. The zero-order valence-electron chi connectivity index (χ0n) is 17.1. The number of hydrogen-bond acceptors (Lipinski definition) is 5. The van der Waals surface area contributed by atoms with E-state index >= 15 is 0 Å². The molecule has 0 radical (unpaired) electrons. The van der Waals surface area contributed by atoms with Gasteiger partial charge in [0.25, 0.3) is 0 Å². The molecule has 1 aromatic rings. The standard InChI is InChI=1S/C19H32N4O3S.ClH/c1-5-23(6-2)27(25,26)16-9-7-15(8-10-16)21-18(24)13-22-12-11-17(20)19(3,4)14-22;/h7-10,17H,5-6,11-14,20H2,1-4H3,(H,21,24);1H. The van der Waals surface area contributed by atoms with Crippen molar-refractivity contribution in [1.82, 2.24) is 9.21 Å². The summed E-state index contributed by atoms with van der Waals surface area (Å²) in [4.78, 5) is 14.7. The maximum absolute atomic E-state index is 12.5. The van der Waals surface area contributed by atoms with Gasteiger partial charge in [0, 0.05) is 37.9 Å². The van der Waals surface area contributed by atoms with E-state index in [9.17, 15) is 13.2 Å². The summed E-state index contributed by atoms with van der Waals surface area (Å²) in [7, 11) is -3.49. The van der Waals surface area contributed by atoms with Gasteiger partial charge in [0.05, 0.1) is 11.4 Å². The zero-order valence-corrected chi connectivity index (χ0v) is 18.8. The van der Waals surface area contributed by atoms with Gasteiger partial charge in [-0.2, -0.15) is 4.31 Å². The number of nitrogens with two attached hydrogens (primary N) is 1. The van der Waals surface area contributed by atoms with E-state index < -0.39 is 10.0 Å². The minimum atomic E-state index is -3.49. The smallest absolute Gasteiger partial charge is 0.243 e. The van der Waals surface area contributed by atoms with Gasteiger partial charge in [-0.05, 0) is 36.1 Å². The minimum Gasteiger partial charge on any atom is -0.327 e. The molecule has 3 N–H and O–H groups in total. The van der Waals surface area contributed by atoms with Gasteiger partial charge in [-0.1, -0.05) is 27.7 Å². The van der Waals surface area contributed by atoms with Gasteiger partial charge in [-0.3, -0.25) is 9.69 Å². The predicted octanol–water partition coefficient (Wildman–Crippen LogP) is 2.14. The van der Waals surface area contributed by atoms with Crippen LogP contribution < -0.4 is 11.1 Å². The van der Waals surface area contributed by atoms with Crippen LogP contribution in [0.2, 0.25) is 0 Å². The lowest BCUT2D eigenvalue weighted by Crippen LogP contribution is -2.53. The van der Waals surface area contributed by atoms with E-state index in [-0.39, 0.29) is 34.7 Å². The quantitative estimate of drug-likeness (QED) is 0.688. The van der Waals surface area contributed by atoms with Crippen molar-refractivity contribution in [3.05, 3.63) is 24.3 Å². The lowest BCUT2D eigenvalue weighted by Gasteiger charge is -2.42. The van der Waals surface area contributed by atoms with Crippen molar-refractivity contribution in [2.45, 2.75) is 45.1 Å². The Morgan fingerprint density at radius 3 is 2.32 bits per heavy atom. The summed E-state index contributed by atoms with van der Waals surface area (Å²) in [6.45, 7) is 10.6. The Morgan fingerprint density at radius 2 is 1.82 bits per heavy atom. The van der Waals surface area contributed by atoms with Crippen LogP contribution in [-0.2, 0) is 14.8 Å². The molecule has 0 aromatic heterocycles. The maximum atomic E-state index is 12.5. The second-order valence-corrected chi connectivity index (χ2v) is 9.69. The summed E-state index contributed by atoms with van der Waals surface area (Å²) in [5.74, 6) is -0.111. The van der Waals surface area contributed by atoms with Crippen LogP contribution in [0.4, 0.5) is 5.69 Å². The summed E-state index contributed by atoms with van der Waals surface area (Å²) in [5.41, 5.74) is 6.71. The van der Waals surface area contributed by atoms with Crippen LogP contribution in [-0.4, -0.2) is 62.3 Å². The summed E-state index contributed by atoms with van der Waals surface area (Å²) >= 11 is 0. The molecule has 9 heteroatoms. The molecule has 1 atom stereocenters. The molecule has 1 unspecified atom stereocenters. The Bertz CT molecular complexity index is 749. The summed E-state index contributed by atoms with van der Waals surface area (Å²) in [6, 6.07) is 6.48. The highest BCUT2D eigenvalue weighted by molar-refractivity contribution is 7.89. The second kappa shape index (κ2) is 10.0. The third kappa shape index (κ3) is 5.90. The maximum Gasteiger partial charge on any atom is 0.243 e. The molecule has 1 fully saturated rings. The molecule has 1 aliphatic heterocycles. The lowest BCUT2D eigenvalue weighted by atomic mass is 9.80. The largest absolute Gasteiger partial charge is 0.327 e. The number of amides is 1. The first-order chi connectivity index (χ1) is 12.6. The number of nitrogens with zero attached hydrogens (tertiary/aromatic N) is 2. The van der Waals surface area contributed by atoms with Crippen LogP contribution in [0.15, 0.2) is 29.2 Å². The number of carbonyl (C=O) groups is 1. The molecule has 2 rings (SSSR count). The molecule has 1 saturated heterocycles. The highest BCUT2D eigenvalue weighted by Crippen LogP contribution is 2.27. The number of piperidine rings is 1. The second-order valence-electron chi connectivity index (χ2n) is 7.76. The van der Waals surface area contributed by atoms with E-state index in [1.165, 1.54) is 16.4 Å². The molecule has 0 aliphatic carbocycles. The third-order valence-electron chi connectivity index (χ3n) is 5.24. The van der Waals surface area contributed by atoms with Crippen LogP contribution in [0.1, 0.15) is 34.1 Å². The molecule has 1 amide bonds. The van der Waals surface area contributed by atoms with E-state index in [0.29, 0.717) is 25.3 Å². The van der Waals surface area contributed by atoms with Crippen molar-refractivity contribution in [2.24, 2.45) is 11.1 Å². The molecule has 0 saturated carbocycles. The first-order valence-electron chi connectivity index (χ1n) is 9.48. The van der Waals surface area contributed by atoms with E-state index in [0.717, 1.165) is 19.5 Å². The monoisotopic (exact) mass is 432 g/mol. The van der Waals surface area contributed by atoms with E-state index in [1.54, 1.807) is 12.1 Å². The fourth-order valence-electron chi connectivity index (χ4n) is 3.45. The first-order valence-corrected chi connectivity index (χ1v) is 10.9. The summed E-state index contributed by atoms with van der Waals surface area (Å²) in [6.07, 6.45) is 0.873. The third-order valence-corrected chi connectivity index (χ3v) is 7.30. The number of hydrogen-bond donors (Lipinski definition) is 2. The zero-order chi connectivity index (χ0) is 20.2. The van der Waals surface area contributed by atoms with E-state index in [2.05, 4.69) is 24.1 Å². The molecule has 0 bridgehead atoms. The van der Waals surface area contributed by atoms with Gasteiger partial charge >= 0.3 is 0 Å². The van der Waals surface area contributed by atoms with Crippen molar-refractivity contribution in [3.8, 4) is 0 Å². The Balaban J connectivity index is 0.00000392. The van der Waals surface area contributed by atoms with E-state index in [4.69, 9.17) is 5.73 Å². The normalized spacial score (nSPS) is 19.9. The van der Waals surface area contributed by atoms with Crippen LogP contribution >= 0.6 is 12.4 Å². The van der Waals surface area contributed by atoms with Crippen molar-refractivity contribution in [2.75, 3.05) is 38.0 Å². The fraction of sp³-hybridized carbons (Fsp3) is 0.632. The molecular formula is C19H33ClN4O3S. The predicted molar refractivity (Wildman–Crippen MR) is 115 cm³/mol. The van der Waals surface area contributed by atoms with Crippen molar-refractivity contribution in [1.29, 1.82) is 0 Å². The van der Waals surface area contributed by atoms with Crippen molar-refractivity contribution < 1.29 is 13.2 Å². The number of likely N-dealkylation sites (tertiary alicyclic amines) is 1. The molecule has 7 nitrogen and oxygen atoms in total.